The minimum Gasteiger partial charge on any atom is -0.253 e. The topological polar surface area (TPSA) is 118 Å². The smallest absolute Gasteiger partial charge is 0.253 e. The summed E-state index contributed by atoms with van der Waals surface area (Å²) in [7, 11) is 0. The van der Waals surface area contributed by atoms with Crippen LogP contribution in [0.25, 0.3) is 0 Å². The van der Waals surface area contributed by atoms with E-state index in [1.165, 1.54) is 0 Å². The van der Waals surface area contributed by atoms with Crippen molar-refractivity contribution in [3.05, 3.63) is 20.2 Å². The zero-order chi connectivity index (χ0) is 20.9. The lowest BCUT2D eigenvalue weighted by atomic mass is 9.93. The summed E-state index contributed by atoms with van der Waals surface area (Å²) in [5, 5.41) is 4.13. The second-order valence-corrected chi connectivity index (χ2v) is 4.20. The van der Waals surface area contributed by atoms with Gasteiger partial charge in [0.05, 0.1) is 16.0 Å². The van der Waals surface area contributed by atoms with E-state index in [4.69, 9.17) is 0 Å². The Kier molecular flexibility index (Phi) is 8.07. The molecular formula is C6H8F8N6O6. The molecule has 0 amide bonds. The number of hydrogen-bond acceptors (Lipinski definition) is 10. The Labute approximate surface area is 136 Å². The summed E-state index contributed by atoms with van der Waals surface area (Å²) >= 11 is 0. The van der Waals surface area contributed by atoms with Gasteiger partial charge >= 0.3 is 5.91 Å². The van der Waals surface area contributed by atoms with E-state index in [1.807, 2.05) is 0 Å². The number of rotatable bonds is 12. The van der Waals surface area contributed by atoms with Crippen molar-refractivity contribution in [2.24, 2.45) is 0 Å². The van der Waals surface area contributed by atoms with E-state index >= 15 is 0 Å². The molecule has 20 heteroatoms. The van der Waals surface area contributed by atoms with Crippen LogP contribution in [0.2, 0.25) is 0 Å². The third kappa shape index (κ3) is 4.08. The molecule has 0 aliphatic heterocycles. The van der Waals surface area contributed by atoms with Crippen molar-refractivity contribution in [3.8, 4) is 0 Å². The average molecular weight is 412 g/mol. The van der Waals surface area contributed by atoms with Gasteiger partial charge in [-0.05, 0) is 6.42 Å². The Morgan fingerprint density at radius 3 is 1.46 bits per heavy atom. The van der Waals surface area contributed by atoms with Gasteiger partial charge in [-0.1, -0.05) is 40.2 Å². The Bertz CT molecular complexity index is 474. The number of nitrogens with zero attached hydrogens (tertiary/aromatic N) is 6. The zero-order valence-corrected chi connectivity index (χ0v) is 12.1. The highest BCUT2D eigenvalue weighted by Gasteiger charge is 2.79. The highest BCUT2D eigenvalue weighted by atomic mass is 19.4. The van der Waals surface area contributed by atoms with Crippen LogP contribution in [0.5, 0.6) is 0 Å². The first-order valence-electron chi connectivity index (χ1n) is 5.94. The van der Waals surface area contributed by atoms with Crippen molar-refractivity contribution in [3.63, 3.8) is 0 Å². The molecule has 0 aromatic heterocycles. The van der Waals surface area contributed by atoms with Crippen LogP contribution in [0.15, 0.2) is 0 Å². The average Bonchev–Trinajstić information content (AvgIpc) is 2.44. The monoisotopic (exact) mass is 412 g/mol. The van der Waals surface area contributed by atoms with Crippen molar-refractivity contribution in [2.75, 3.05) is 0 Å². The molecule has 0 aromatic carbocycles. The number of hydrogen-bond donors (Lipinski definition) is 0. The summed E-state index contributed by atoms with van der Waals surface area (Å²) in [4.78, 5) is 26.5. The summed E-state index contributed by atoms with van der Waals surface area (Å²) < 4.78 is 105. The quantitative estimate of drug-likeness (QED) is 0.155. The first-order chi connectivity index (χ1) is 11.8. The van der Waals surface area contributed by atoms with Gasteiger partial charge in [0.2, 0.25) is 0 Å². The summed E-state index contributed by atoms with van der Waals surface area (Å²) in [6.45, 7) is 0.954. The largest absolute Gasteiger partial charge is 0.416 e. The van der Waals surface area contributed by atoms with Crippen molar-refractivity contribution < 1.29 is 55.7 Å². The second kappa shape index (κ2) is 8.86. The normalized spacial score (nSPS) is 14.2. The van der Waals surface area contributed by atoms with Crippen molar-refractivity contribution in [1.29, 1.82) is 0 Å². The lowest BCUT2D eigenvalue weighted by Gasteiger charge is -2.46. The Balaban J connectivity index is 7.06. The van der Waals surface area contributed by atoms with E-state index in [2.05, 4.69) is 9.68 Å². The van der Waals surface area contributed by atoms with Gasteiger partial charge in [0.15, 0.2) is 0 Å². The van der Waals surface area contributed by atoms with Gasteiger partial charge in [-0.15, -0.1) is 29.2 Å². The molecule has 0 saturated carbocycles. The van der Waals surface area contributed by atoms with Crippen LogP contribution in [-0.4, -0.2) is 49.2 Å². The summed E-state index contributed by atoms with van der Waals surface area (Å²) in [5.41, 5.74) is -5.59. The summed E-state index contributed by atoms with van der Waals surface area (Å²) in [6.07, 6.45) is -2.11. The summed E-state index contributed by atoms with van der Waals surface area (Å²) in [6, 6.07) is -3.73. The molecule has 0 saturated heterocycles. The number of halogens is 8. The molecule has 0 heterocycles. The fraction of sp³-hybridized carbons (Fsp3) is 1.00. The van der Waals surface area contributed by atoms with Crippen LogP contribution in [0.1, 0.15) is 19.8 Å². The van der Waals surface area contributed by atoms with Gasteiger partial charge in [0.1, 0.15) is 6.04 Å². The molecule has 0 aliphatic rings. The molecule has 0 aliphatic carbocycles. The van der Waals surface area contributed by atoms with Gasteiger partial charge in [0.25, 0.3) is 15.8 Å². The molecule has 0 N–H and O–H groups in total. The molecule has 0 fully saturated rings. The third-order valence-electron chi connectivity index (χ3n) is 2.86. The van der Waals surface area contributed by atoms with Crippen LogP contribution in [-0.2, 0) is 9.68 Å². The maximum Gasteiger partial charge on any atom is 0.416 e. The highest BCUT2D eigenvalue weighted by Crippen LogP contribution is 2.47. The SMILES string of the molecule is CCCC(N(F)F)C(N(F)F)(N(F)F)C(O[N+](=O)[O-])(O[N+](=O)[O-])N(F)F. The van der Waals surface area contributed by atoms with E-state index in [0.717, 1.165) is 6.92 Å². The van der Waals surface area contributed by atoms with E-state index in [0.29, 0.717) is 0 Å². The standard InChI is InChI=1S/C6H8F8N6O6/c1-2-3-4(15(7)8)5(16(9)10,17(11)12)6(18(13)14,25-19(21)22)26-20(23)24/h4H,2-3H2,1H3. The molecule has 0 spiro atoms. The molecule has 0 radical (unpaired) electrons. The fourth-order valence-electron chi connectivity index (χ4n) is 1.95. The van der Waals surface area contributed by atoms with Crippen molar-refractivity contribution in [2.45, 2.75) is 37.4 Å². The predicted molar refractivity (Wildman–Crippen MR) is 56.5 cm³/mol. The Hall–Kier alpha value is -2.32. The van der Waals surface area contributed by atoms with Gasteiger partial charge in [-0.25, -0.2) is 0 Å². The molecule has 154 valence electrons. The van der Waals surface area contributed by atoms with E-state index in [-0.39, 0.29) is 0 Å². The van der Waals surface area contributed by atoms with Gasteiger partial charge in [0, 0.05) is 5.34 Å². The molecule has 1 atom stereocenters. The second-order valence-electron chi connectivity index (χ2n) is 4.20. The minimum atomic E-state index is -5.66. The van der Waals surface area contributed by atoms with E-state index in [9.17, 15) is 56.1 Å². The molecule has 0 rings (SSSR count). The first kappa shape index (κ1) is 23.7. The minimum absolute atomic E-state index is 0.649. The molecule has 26 heavy (non-hydrogen) atoms. The van der Waals surface area contributed by atoms with Gasteiger partial charge in [-0.2, -0.15) is 0 Å². The van der Waals surface area contributed by atoms with Crippen LogP contribution >= 0.6 is 0 Å². The van der Waals surface area contributed by atoms with E-state index < -0.39 is 62.0 Å². The fourth-order valence-corrected chi connectivity index (χ4v) is 1.95. The van der Waals surface area contributed by atoms with Crippen LogP contribution < -0.4 is 0 Å². The lowest BCUT2D eigenvalue weighted by molar-refractivity contribution is -0.907. The molecule has 12 nitrogen and oxygen atoms in total. The maximum atomic E-state index is 13.3. The van der Waals surface area contributed by atoms with Crippen LogP contribution in [0, 0.1) is 20.2 Å². The summed E-state index contributed by atoms with van der Waals surface area (Å²) in [5.74, 6) is -5.66. The van der Waals surface area contributed by atoms with Gasteiger partial charge < -0.3 is 0 Å². The molecular weight excluding hydrogens is 404 g/mol. The predicted octanol–water partition coefficient (Wildman–Crippen LogP) is 2.21. The Morgan fingerprint density at radius 2 is 1.27 bits per heavy atom. The van der Waals surface area contributed by atoms with Crippen LogP contribution in [0.3, 0.4) is 0 Å². The Morgan fingerprint density at radius 1 is 0.885 bits per heavy atom. The van der Waals surface area contributed by atoms with Crippen molar-refractivity contribution in [1.82, 2.24) is 21.4 Å². The first-order valence-corrected chi connectivity index (χ1v) is 5.94. The molecule has 0 aromatic rings. The zero-order valence-electron chi connectivity index (χ0n) is 12.1. The lowest BCUT2D eigenvalue weighted by Crippen LogP contribution is -2.78. The van der Waals surface area contributed by atoms with Crippen molar-refractivity contribution >= 4 is 0 Å². The maximum absolute atomic E-state index is 13.3. The molecule has 1 unspecified atom stereocenters. The van der Waals surface area contributed by atoms with Crippen LogP contribution in [0.4, 0.5) is 35.9 Å². The molecule has 0 bridgehead atoms. The van der Waals surface area contributed by atoms with Gasteiger partial charge in [-0.3, -0.25) is 9.68 Å². The van der Waals surface area contributed by atoms with E-state index in [1.54, 1.807) is 0 Å². The third-order valence-corrected chi connectivity index (χ3v) is 2.86. The highest BCUT2D eigenvalue weighted by molar-refractivity contribution is 4.99.